The number of terminal acetylenes is 1. The largest absolute Gasteiger partial charge is 0.389 e. The first kappa shape index (κ1) is 9.09. The van der Waals surface area contributed by atoms with Crippen LogP contribution in [0.3, 0.4) is 0 Å². The van der Waals surface area contributed by atoms with E-state index < -0.39 is 5.60 Å². The van der Waals surface area contributed by atoms with Gasteiger partial charge in [-0.15, -0.1) is 12.3 Å². The summed E-state index contributed by atoms with van der Waals surface area (Å²) in [5.74, 6) is 4.30. The Morgan fingerprint density at radius 2 is 2.08 bits per heavy atom. The minimum Gasteiger partial charge on any atom is -0.389 e. The van der Waals surface area contributed by atoms with Crippen LogP contribution in [0.4, 0.5) is 0 Å². The van der Waals surface area contributed by atoms with Crippen molar-refractivity contribution >= 4 is 0 Å². The van der Waals surface area contributed by atoms with E-state index in [1.165, 1.54) is 25.7 Å². The van der Waals surface area contributed by atoms with E-state index in [9.17, 15) is 5.11 Å². The van der Waals surface area contributed by atoms with Gasteiger partial charge in [-0.05, 0) is 43.9 Å². The Morgan fingerprint density at radius 3 is 2.69 bits per heavy atom. The van der Waals surface area contributed by atoms with Crippen LogP contribution in [-0.2, 0) is 0 Å². The van der Waals surface area contributed by atoms with Gasteiger partial charge in [0.25, 0.3) is 0 Å². The number of hydrogen-bond donors (Lipinski definition) is 1. The summed E-state index contributed by atoms with van der Waals surface area (Å²) < 4.78 is 0. The monoisotopic (exact) mass is 178 g/mol. The van der Waals surface area contributed by atoms with Gasteiger partial charge in [-0.3, -0.25) is 0 Å². The quantitative estimate of drug-likeness (QED) is 0.643. The van der Waals surface area contributed by atoms with Gasteiger partial charge in [-0.25, -0.2) is 0 Å². The van der Waals surface area contributed by atoms with Crippen molar-refractivity contribution in [3.8, 4) is 12.3 Å². The van der Waals surface area contributed by atoms with Gasteiger partial charge in [0, 0.05) is 6.42 Å². The van der Waals surface area contributed by atoms with E-state index in [2.05, 4.69) is 5.92 Å². The standard InChI is InChI=1S/C12H18O/c1-2-7-12(13)8-3-4-11(9-12)10-5-6-10/h1,10-11,13H,3-9H2. The molecule has 2 aliphatic carbocycles. The summed E-state index contributed by atoms with van der Waals surface area (Å²) in [5.41, 5.74) is -0.514. The van der Waals surface area contributed by atoms with Crippen molar-refractivity contribution in [3.63, 3.8) is 0 Å². The first-order valence-corrected chi connectivity index (χ1v) is 5.39. The summed E-state index contributed by atoms with van der Waals surface area (Å²) in [6.45, 7) is 0. The van der Waals surface area contributed by atoms with E-state index in [0.29, 0.717) is 6.42 Å². The van der Waals surface area contributed by atoms with Crippen molar-refractivity contribution in [2.75, 3.05) is 0 Å². The highest BCUT2D eigenvalue weighted by atomic mass is 16.3. The van der Waals surface area contributed by atoms with E-state index in [1.54, 1.807) is 0 Å². The topological polar surface area (TPSA) is 20.2 Å². The lowest BCUT2D eigenvalue weighted by Crippen LogP contribution is -2.35. The number of aliphatic hydroxyl groups is 1. The fourth-order valence-electron chi connectivity index (χ4n) is 2.71. The van der Waals surface area contributed by atoms with E-state index in [-0.39, 0.29) is 0 Å². The summed E-state index contributed by atoms with van der Waals surface area (Å²) in [4.78, 5) is 0. The molecule has 1 heteroatoms. The Labute approximate surface area is 80.5 Å². The summed E-state index contributed by atoms with van der Waals surface area (Å²) in [5, 5.41) is 10.2. The number of rotatable bonds is 2. The Balaban J connectivity index is 1.94. The molecule has 2 aliphatic rings. The van der Waals surface area contributed by atoms with Crippen molar-refractivity contribution in [1.82, 2.24) is 0 Å². The van der Waals surface area contributed by atoms with Gasteiger partial charge in [0.15, 0.2) is 0 Å². The lowest BCUT2D eigenvalue weighted by atomic mass is 9.75. The third-order valence-electron chi connectivity index (χ3n) is 3.58. The molecule has 0 aliphatic heterocycles. The van der Waals surface area contributed by atoms with Crippen molar-refractivity contribution in [1.29, 1.82) is 0 Å². The lowest BCUT2D eigenvalue weighted by Gasteiger charge is -2.35. The third-order valence-corrected chi connectivity index (χ3v) is 3.58. The van der Waals surface area contributed by atoms with Gasteiger partial charge in [0.05, 0.1) is 5.60 Å². The van der Waals surface area contributed by atoms with Crippen molar-refractivity contribution < 1.29 is 5.11 Å². The van der Waals surface area contributed by atoms with Gasteiger partial charge < -0.3 is 5.11 Å². The predicted octanol–water partition coefficient (Wildman–Crippen LogP) is 2.34. The van der Waals surface area contributed by atoms with Crippen LogP contribution in [0.25, 0.3) is 0 Å². The first-order chi connectivity index (χ1) is 6.23. The van der Waals surface area contributed by atoms with Crippen LogP contribution >= 0.6 is 0 Å². The first-order valence-electron chi connectivity index (χ1n) is 5.39. The van der Waals surface area contributed by atoms with Crippen LogP contribution in [0.2, 0.25) is 0 Å². The molecule has 0 bridgehead atoms. The summed E-state index contributed by atoms with van der Waals surface area (Å²) in [7, 11) is 0. The molecule has 0 heterocycles. The van der Waals surface area contributed by atoms with Gasteiger partial charge in [-0.1, -0.05) is 6.42 Å². The second-order valence-corrected chi connectivity index (χ2v) is 4.80. The maximum Gasteiger partial charge on any atom is 0.0759 e. The highest BCUT2D eigenvalue weighted by Gasteiger charge is 2.40. The molecule has 0 aromatic carbocycles. The van der Waals surface area contributed by atoms with Crippen LogP contribution in [0, 0.1) is 24.2 Å². The Kier molecular flexibility index (Phi) is 2.34. The highest BCUT2D eigenvalue weighted by molar-refractivity contribution is 5.00. The second-order valence-electron chi connectivity index (χ2n) is 4.80. The second kappa shape index (κ2) is 3.35. The molecule has 2 unspecified atom stereocenters. The zero-order valence-corrected chi connectivity index (χ0v) is 8.13. The van der Waals surface area contributed by atoms with Gasteiger partial charge in [-0.2, -0.15) is 0 Å². The molecule has 1 N–H and O–H groups in total. The van der Waals surface area contributed by atoms with Crippen LogP contribution < -0.4 is 0 Å². The minimum atomic E-state index is -0.514. The average Bonchev–Trinajstić information content (AvgIpc) is 2.86. The molecule has 0 aromatic heterocycles. The SMILES string of the molecule is C#CCC1(O)CCCC(C2CC2)C1. The summed E-state index contributed by atoms with van der Waals surface area (Å²) in [6, 6.07) is 0. The highest BCUT2D eigenvalue weighted by Crippen LogP contribution is 2.47. The molecule has 2 saturated carbocycles. The molecule has 1 nitrogen and oxygen atoms in total. The Hall–Kier alpha value is -0.480. The minimum absolute atomic E-state index is 0.514. The summed E-state index contributed by atoms with van der Waals surface area (Å²) in [6.07, 6.45) is 13.0. The smallest absolute Gasteiger partial charge is 0.0759 e. The molecule has 0 aromatic rings. The van der Waals surface area contributed by atoms with Crippen molar-refractivity contribution in [2.45, 2.75) is 50.5 Å². The molecule has 72 valence electrons. The third kappa shape index (κ3) is 2.06. The molecular weight excluding hydrogens is 160 g/mol. The lowest BCUT2D eigenvalue weighted by molar-refractivity contribution is -0.0155. The maximum absolute atomic E-state index is 10.2. The molecule has 13 heavy (non-hydrogen) atoms. The molecule has 0 amide bonds. The fraction of sp³-hybridized carbons (Fsp3) is 0.833. The number of hydrogen-bond acceptors (Lipinski definition) is 1. The predicted molar refractivity (Wildman–Crippen MR) is 53.1 cm³/mol. The van der Waals surface area contributed by atoms with Gasteiger partial charge in [0.1, 0.15) is 0 Å². The van der Waals surface area contributed by atoms with Gasteiger partial charge in [0.2, 0.25) is 0 Å². The summed E-state index contributed by atoms with van der Waals surface area (Å²) >= 11 is 0. The van der Waals surface area contributed by atoms with Crippen LogP contribution in [0.5, 0.6) is 0 Å². The maximum atomic E-state index is 10.2. The van der Waals surface area contributed by atoms with Crippen molar-refractivity contribution in [2.24, 2.45) is 11.8 Å². The van der Waals surface area contributed by atoms with Crippen LogP contribution in [0.15, 0.2) is 0 Å². The van der Waals surface area contributed by atoms with Crippen LogP contribution in [0.1, 0.15) is 44.9 Å². The van der Waals surface area contributed by atoms with Crippen LogP contribution in [-0.4, -0.2) is 10.7 Å². The van der Waals surface area contributed by atoms with Crippen molar-refractivity contribution in [3.05, 3.63) is 0 Å². The molecule has 0 spiro atoms. The van der Waals surface area contributed by atoms with E-state index in [4.69, 9.17) is 6.42 Å². The zero-order valence-electron chi connectivity index (χ0n) is 8.13. The Morgan fingerprint density at radius 1 is 1.31 bits per heavy atom. The van der Waals surface area contributed by atoms with E-state index in [0.717, 1.165) is 24.7 Å². The Bertz CT molecular complexity index is 224. The zero-order chi connectivity index (χ0) is 9.31. The van der Waals surface area contributed by atoms with Gasteiger partial charge >= 0.3 is 0 Å². The normalized spacial score (nSPS) is 39.8. The molecule has 2 fully saturated rings. The molecule has 0 radical (unpaired) electrons. The molecular formula is C12H18O. The van der Waals surface area contributed by atoms with E-state index >= 15 is 0 Å². The van der Waals surface area contributed by atoms with E-state index in [1.807, 2.05) is 0 Å². The molecule has 2 rings (SSSR count). The molecule has 0 saturated heterocycles. The fourth-order valence-corrected chi connectivity index (χ4v) is 2.71. The molecule has 2 atom stereocenters. The average molecular weight is 178 g/mol.